The fraction of sp³-hybridized carbons (Fsp3) is 1.00. The third-order valence-corrected chi connectivity index (χ3v) is 3.90. The molecule has 1 saturated carbocycles. The van der Waals surface area contributed by atoms with E-state index in [-0.39, 0.29) is 6.10 Å². The van der Waals surface area contributed by atoms with Gasteiger partial charge in [0.05, 0.1) is 6.10 Å². The zero-order valence-corrected chi connectivity index (χ0v) is 10.6. The second-order valence-corrected chi connectivity index (χ2v) is 5.06. The number of aliphatic hydroxyl groups excluding tert-OH is 1. The molecule has 0 bridgehead atoms. The van der Waals surface area contributed by atoms with Crippen molar-refractivity contribution in [3.8, 4) is 0 Å². The maximum absolute atomic E-state index is 10.0. The molecule has 0 aromatic heterocycles. The Morgan fingerprint density at radius 3 is 2.60 bits per heavy atom. The molecular formula is C13H27NO. The lowest BCUT2D eigenvalue weighted by molar-refractivity contribution is 0.0132. The molecule has 0 heterocycles. The smallest absolute Gasteiger partial charge is 0.0695 e. The van der Waals surface area contributed by atoms with Crippen LogP contribution in [0.3, 0.4) is 0 Å². The normalized spacial score (nSPS) is 32.2. The van der Waals surface area contributed by atoms with E-state index < -0.39 is 0 Å². The molecule has 0 spiro atoms. The Kier molecular flexibility index (Phi) is 5.62. The summed E-state index contributed by atoms with van der Waals surface area (Å²) in [6.45, 7) is 5.63. The van der Waals surface area contributed by atoms with Crippen molar-refractivity contribution in [2.45, 2.75) is 64.5 Å². The maximum Gasteiger partial charge on any atom is 0.0695 e. The third-order valence-electron chi connectivity index (χ3n) is 3.90. The quantitative estimate of drug-likeness (QED) is 0.759. The molecule has 1 aliphatic carbocycles. The van der Waals surface area contributed by atoms with Gasteiger partial charge in [0.1, 0.15) is 0 Å². The molecule has 0 aromatic carbocycles. The molecule has 2 nitrogen and oxygen atoms in total. The van der Waals surface area contributed by atoms with Crippen LogP contribution in [0.25, 0.3) is 0 Å². The van der Waals surface area contributed by atoms with Crippen LogP contribution in [-0.4, -0.2) is 35.7 Å². The molecule has 15 heavy (non-hydrogen) atoms. The Labute approximate surface area is 94.7 Å². The first kappa shape index (κ1) is 13.0. The topological polar surface area (TPSA) is 23.5 Å². The average molecular weight is 213 g/mol. The van der Waals surface area contributed by atoms with Crippen molar-refractivity contribution in [2.75, 3.05) is 13.6 Å². The number of hydrogen-bond acceptors (Lipinski definition) is 2. The molecule has 1 N–H and O–H groups in total. The predicted molar refractivity (Wildman–Crippen MR) is 65.0 cm³/mol. The predicted octanol–water partition coefficient (Wildman–Crippen LogP) is 2.66. The Hall–Kier alpha value is -0.0800. The minimum absolute atomic E-state index is 0.0883. The summed E-state index contributed by atoms with van der Waals surface area (Å²) in [6, 6.07) is 0.412. The Morgan fingerprint density at radius 1 is 1.27 bits per heavy atom. The minimum atomic E-state index is -0.0883. The molecule has 90 valence electrons. The van der Waals surface area contributed by atoms with Crippen molar-refractivity contribution in [1.29, 1.82) is 0 Å². The number of likely N-dealkylation sites (N-methyl/N-ethyl adjacent to an activating group) is 1. The third kappa shape index (κ3) is 3.76. The van der Waals surface area contributed by atoms with Crippen LogP contribution < -0.4 is 0 Å². The van der Waals surface area contributed by atoms with Crippen molar-refractivity contribution < 1.29 is 5.11 Å². The zero-order valence-electron chi connectivity index (χ0n) is 10.6. The van der Waals surface area contributed by atoms with Gasteiger partial charge in [-0.3, -0.25) is 0 Å². The van der Waals surface area contributed by atoms with E-state index in [9.17, 15) is 5.11 Å². The lowest BCUT2D eigenvalue weighted by Crippen LogP contribution is -2.45. The first-order valence-corrected chi connectivity index (χ1v) is 6.57. The van der Waals surface area contributed by atoms with Gasteiger partial charge in [-0.25, -0.2) is 0 Å². The lowest BCUT2D eigenvalue weighted by Gasteiger charge is -2.38. The summed E-state index contributed by atoms with van der Waals surface area (Å²) in [5, 5.41) is 10.0. The van der Waals surface area contributed by atoms with Crippen molar-refractivity contribution in [2.24, 2.45) is 5.92 Å². The molecule has 2 heteroatoms. The van der Waals surface area contributed by atoms with Crippen LogP contribution in [0.1, 0.15) is 52.4 Å². The Bertz CT molecular complexity index is 172. The van der Waals surface area contributed by atoms with Gasteiger partial charge in [-0.1, -0.05) is 26.7 Å². The molecule has 1 aliphatic rings. The highest BCUT2D eigenvalue weighted by Crippen LogP contribution is 2.29. The molecule has 1 rings (SSSR count). The van der Waals surface area contributed by atoms with Gasteiger partial charge in [-0.15, -0.1) is 0 Å². The van der Waals surface area contributed by atoms with E-state index >= 15 is 0 Å². The number of hydrogen-bond donors (Lipinski definition) is 1. The van der Waals surface area contributed by atoms with Crippen molar-refractivity contribution >= 4 is 0 Å². The summed E-state index contributed by atoms with van der Waals surface area (Å²) in [6.07, 6.45) is 7.08. The van der Waals surface area contributed by atoms with Gasteiger partial charge >= 0.3 is 0 Å². The highest BCUT2D eigenvalue weighted by Gasteiger charge is 2.30. The minimum Gasteiger partial charge on any atom is -0.391 e. The summed E-state index contributed by atoms with van der Waals surface area (Å²) < 4.78 is 0. The fourth-order valence-corrected chi connectivity index (χ4v) is 2.63. The van der Waals surface area contributed by atoms with Gasteiger partial charge < -0.3 is 10.0 Å². The van der Waals surface area contributed by atoms with Crippen LogP contribution in [-0.2, 0) is 0 Å². The highest BCUT2D eigenvalue weighted by molar-refractivity contribution is 4.85. The SMILES string of the molecule is CCCCN(C)C1CC(CC)CCC1O. The standard InChI is InChI=1S/C13H27NO/c1-4-6-9-14(3)12-10-11(5-2)7-8-13(12)15/h11-13,15H,4-10H2,1-3H3. The number of nitrogens with zero attached hydrogens (tertiary/aromatic N) is 1. The lowest BCUT2D eigenvalue weighted by atomic mass is 9.82. The molecule has 0 aliphatic heterocycles. The van der Waals surface area contributed by atoms with Gasteiger partial charge in [0, 0.05) is 6.04 Å². The molecule has 0 amide bonds. The van der Waals surface area contributed by atoms with E-state index in [1.54, 1.807) is 0 Å². The number of rotatable bonds is 5. The van der Waals surface area contributed by atoms with E-state index in [0.717, 1.165) is 18.9 Å². The second-order valence-electron chi connectivity index (χ2n) is 5.06. The average Bonchev–Trinajstić information content (AvgIpc) is 2.26. The van der Waals surface area contributed by atoms with Crippen LogP contribution in [0, 0.1) is 5.92 Å². The first-order valence-electron chi connectivity index (χ1n) is 6.57. The van der Waals surface area contributed by atoms with E-state index in [1.807, 2.05) is 0 Å². The summed E-state index contributed by atoms with van der Waals surface area (Å²) in [4.78, 5) is 2.37. The van der Waals surface area contributed by atoms with Gasteiger partial charge in [-0.05, 0) is 45.2 Å². The van der Waals surface area contributed by atoms with Crippen LogP contribution in [0.2, 0.25) is 0 Å². The fourth-order valence-electron chi connectivity index (χ4n) is 2.63. The molecular weight excluding hydrogens is 186 g/mol. The Balaban J connectivity index is 2.42. The van der Waals surface area contributed by atoms with Crippen molar-refractivity contribution in [1.82, 2.24) is 4.90 Å². The van der Waals surface area contributed by atoms with E-state index in [0.29, 0.717) is 6.04 Å². The highest BCUT2D eigenvalue weighted by atomic mass is 16.3. The first-order chi connectivity index (χ1) is 7.19. The Morgan fingerprint density at radius 2 is 2.00 bits per heavy atom. The van der Waals surface area contributed by atoms with Gasteiger partial charge in [0.15, 0.2) is 0 Å². The molecule has 3 atom stereocenters. The van der Waals surface area contributed by atoms with Gasteiger partial charge in [0.25, 0.3) is 0 Å². The second kappa shape index (κ2) is 6.49. The van der Waals surface area contributed by atoms with Crippen molar-refractivity contribution in [3.63, 3.8) is 0 Å². The summed E-state index contributed by atoms with van der Waals surface area (Å²) in [5.74, 6) is 0.836. The number of aliphatic hydroxyl groups is 1. The van der Waals surface area contributed by atoms with Crippen LogP contribution >= 0.6 is 0 Å². The van der Waals surface area contributed by atoms with Crippen molar-refractivity contribution in [3.05, 3.63) is 0 Å². The molecule has 0 radical (unpaired) electrons. The largest absolute Gasteiger partial charge is 0.391 e. The van der Waals surface area contributed by atoms with Crippen LogP contribution in [0.5, 0.6) is 0 Å². The molecule has 0 saturated heterocycles. The number of unbranched alkanes of at least 4 members (excludes halogenated alkanes) is 1. The maximum atomic E-state index is 10.0. The van der Waals surface area contributed by atoms with Crippen LogP contribution in [0.15, 0.2) is 0 Å². The van der Waals surface area contributed by atoms with Gasteiger partial charge in [0.2, 0.25) is 0 Å². The van der Waals surface area contributed by atoms with Crippen LogP contribution in [0.4, 0.5) is 0 Å². The molecule has 0 aromatic rings. The monoisotopic (exact) mass is 213 g/mol. The van der Waals surface area contributed by atoms with E-state index in [2.05, 4.69) is 25.8 Å². The summed E-state index contributed by atoms with van der Waals surface area (Å²) >= 11 is 0. The van der Waals surface area contributed by atoms with Gasteiger partial charge in [-0.2, -0.15) is 0 Å². The van der Waals surface area contributed by atoms with E-state index in [4.69, 9.17) is 0 Å². The molecule has 3 unspecified atom stereocenters. The molecule has 1 fully saturated rings. The van der Waals surface area contributed by atoms with E-state index in [1.165, 1.54) is 32.1 Å². The summed E-state index contributed by atoms with van der Waals surface area (Å²) in [5.41, 5.74) is 0. The summed E-state index contributed by atoms with van der Waals surface area (Å²) in [7, 11) is 2.17. The zero-order chi connectivity index (χ0) is 11.3.